The van der Waals surface area contributed by atoms with Crippen molar-refractivity contribution in [2.75, 3.05) is 19.0 Å². The first-order valence-corrected chi connectivity index (χ1v) is 10.6. The predicted octanol–water partition coefficient (Wildman–Crippen LogP) is -2.51. The molecule has 0 spiro atoms. The summed E-state index contributed by atoms with van der Waals surface area (Å²) in [4.78, 5) is 51.6. The SMILES string of the molecule is NC(CO)C(=O)NC(CO)C(=O)NC(CS)C(=O)NC(Cc1c[nH]c2ccccc12)C(=O)O. The topological polar surface area (TPSA) is 207 Å². The molecule has 0 aliphatic rings. The van der Waals surface area contributed by atoms with Crippen LogP contribution in [0.3, 0.4) is 0 Å². The van der Waals surface area contributed by atoms with Gasteiger partial charge in [-0.05, 0) is 11.6 Å². The fourth-order valence-electron chi connectivity index (χ4n) is 3.01. The van der Waals surface area contributed by atoms with E-state index >= 15 is 0 Å². The molecule has 2 aromatic rings. The molecule has 0 radical (unpaired) electrons. The third-order valence-electron chi connectivity index (χ3n) is 4.88. The lowest BCUT2D eigenvalue weighted by molar-refractivity contribution is -0.142. The minimum absolute atomic E-state index is 0.00725. The Morgan fingerprint density at radius 2 is 1.55 bits per heavy atom. The molecule has 0 aliphatic carbocycles. The van der Waals surface area contributed by atoms with Gasteiger partial charge >= 0.3 is 5.97 Å². The number of para-hydroxylation sites is 1. The lowest BCUT2D eigenvalue weighted by atomic mass is 10.0. The van der Waals surface area contributed by atoms with E-state index in [4.69, 9.17) is 10.8 Å². The first kappa shape index (κ1) is 26.1. The predicted molar refractivity (Wildman–Crippen MR) is 121 cm³/mol. The Bertz CT molecular complexity index is 998. The van der Waals surface area contributed by atoms with Crippen LogP contribution in [-0.4, -0.2) is 87.1 Å². The van der Waals surface area contributed by atoms with Gasteiger partial charge in [-0.1, -0.05) is 18.2 Å². The molecule has 2 rings (SSSR count). The molecule has 13 heteroatoms. The number of nitrogens with one attached hydrogen (secondary N) is 4. The number of aromatic amines is 1. The number of aliphatic hydroxyl groups excluding tert-OH is 2. The zero-order chi connectivity index (χ0) is 24.5. The van der Waals surface area contributed by atoms with E-state index in [1.807, 2.05) is 24.3 Å². The number of hydrogen-bond donors (Lipinski definition) is 9. The van der Waals surface area contributed by atoms with E-state index in [-0.39, 0.29) is 12.2 Å². The Balaban J connectivity index is 2.05. The van der Waals surface area contributed by atoms with Gasteiger partial charge in [-0.25, -0.2) is 4.79 Å². The van der Waals surface area contributed by atoms with Gasteiger partial charge in [0.15, 0.2) is 0 Å². The third kappa shape index (κ3) is 6.92. The summed E-state index contributed by atoms with van der Waals surface area (Å²) in [5.74, 6) is -4.03. The van der Waals surface area contributed by atoms with Crippen LogP contribution in [0, 0.1) is 0 Å². The van der Waals surface area contributed by atoms with Gasteiger partial charge in [0, 0.05) is 29.3 Å². The second-order valence-corrected chi connectivity index (χ2v) is 7.60. The first-order valence-electron chi connectivity index (χ1n) is 9.98. The summed E-state index contributed by atoms with van der Waals surface area (Å²) in [6, 6.07) is 2.04. The summed E-state index contributed by atoms with van der Waals surface area (Å²) >= 11 is 4.03. The highest BCUT2D eigenvalue weighted by Gasteiger charge is 2.29. The molecule has 0 bridgehead atoms. The van der Waals surface area contributed by atoms with E-state index in [0.717, 1.165) is 10.9 Å². The number of aromatic nitrogens is 1. The van der Waals surface area contributed by atoms with E-state index in [1.165, 1.54) is 0 Å². The summed E-state index contributed by atoms with van der Waals surface area (Å²) in [5.41, 5.74) is 6.87. The minimum atomic E-state index is -1.44. The lowest BCUT2D eigenvalue weighted by Gasteiger charge is -2.23. The summed E-state index contributed by atoms with van der Waals surface area (Å²) in [6.07, 6.45) is 1.66. The maximum atomic E-state index is 12.7. The number of hydrogen-bond acceptors (Lipinski definition) is 8. The van der Waals surface area contributed by atoms with Crippen LogP contribution in [0.5, 0.6) is 0 Å². The number of carboxylic acids is 1. The largest absolute Gasteiger partial charge is 0.480 e. The summed E-state index contributed by atoms with van der Waals surface area (Å²) in [7, 11) is 0. The van der Waals surface area contributed by atoms with Gasteiger partial charge in [0.05, 0.1) is 13.2 Å². The van der Waals surface area contributed by atoms with Crippen LogP contribution in [0.25, 0.3) is 10.9 Å². The number of carbonyl (C=O) groups excluding carboxylic acids is 3. The molecule has 0 saturated carbocycles. The molecule has 4 unspecified atom stereocenters. The number of rotatable bonds is 12. The quantitative estimate of drug-likeness (QED) is 0.148. The molecule has 1 heterocycles. The second-order valence-electron chi connectivity index (χ2n) is 7.24. The molecular formula is C20H27N5O7S. The van der Waals surface area contributed by atoms with Crippen LogP contribution in [-0.2, 0) is 25.6 Å². The van der Waals surface area contributed by atoms with Crippen molar-refractivity contribution in [3.05, 3.63) is 36.0 Å². The van der Waals surface area contributed by atoms with E-state index < -0.39 is 61.1 Å². The molecule has 3 amide bonds. The summed E-state index contributed by atoms with van der Waals surface area (Å²) < 4.78 is 0. The van der Waals surface area contributed by atoms with Gasteiger partial charge in [-0.15, -0.1) is 0 Å². The van der Waals surface area contributed by atoms with Gasteiger partial charge < -0.3 is 42.0 Å². The number of aliphatic hydroxyl groups is 2. The smallest absolute Gasteiger partial charge is 0.326 e. The second kappa shape index (κ2) is 12.2. The minimum Gasteiger partial charge on any atom is -0.480 e. The van der Waals surface area contributed by atoms with Crippen molar-refractivity contribution in [3.8, 4) is 0 Å². The van der Waals surface area contributed by atoms with E-state index in [0.29, 0.717) is 5.56 Å². The van der Waals surface area contributed by atoms with Crippen molar-refractivity contribution in [2.45, 2.75) is 30.6 Å². The number of aliphatic carboxylic acids is 1. The number of carbonyl (C=O) groups is 4. The fourth-order valence-corrected chi connectivity index (χ4v) is 3.27. The number of amides is 3. The van der Waals surface area contributed by atoms with Crippen molar-refractivity contribution in [2.24, 2.45) is 5.73 Å². The molecule has 0 aliphatic heterocycles. The lowest BCUT2D eigenvalue weighted by Crippen LogP contribution is -2.59. The van der Waals surface area contributed by atoms with Gasteiger partial charge in [0.25, 0.3) is 0 Å². The highest BCUT2D eigenvalue weighted by molar-refractivity contribution is 7.80. The number of carboxylic acid groups (broad SMARTS) is 1. The van der Waals surface area contributed by atoms with Crippen molar-refractivity contribution in [1.29, 1.82) is 0 Å². The molecule has 4 atom stereocenters. The Kier molecular flexibility index (Phi) is 9.66. The van der Waals surface area contributed by atoms with Crippen molar-refractivity contribution in [1.82, 2.24) is 20.9 Å². The molecule has 0 saturated heterocycles. The molecule has 12 nitrogen and oxygen atoms in total. The van der Waals surface area contributed by atoms with Gasteiger partial charge in [0.1, 0.15) is 24.2 Å². The zero-order valence-corrected chi connectivity index (χ0v) is 18.4. The number of fused-ring (bicyclic) bond motifs is 1. The average molecular weight is 482 g/mol. The van der Waals surface area contributed by atoms with Crippen LogP contribution in [0.2, 0.25) is 0 Å². The van der Waals surface area contributed by atoms with E-state index in [2.05, 4.69) is 33.6 Å². The van der Waals surface area contributed by atoms with Crippen molar-refractivity contribution >= 4 is 47.2 Å². The third-order valence-corrected chi connectivity index (χ3v) is 5.24. The van der Waals surface area contributed by atoms with E-state index in [1.54, 1.807) is 6.20 Å². The molecular weight excluding hydrogens is 454 g/mol. The molecule has 0 fully saturated rings. The van der Waals surface area contributed by atoms with Crippen LogP contribution in [0.4, 0.5) is 0 Å². The zero-order valence-electron chi connectivity index (χ0n) is 17.5. The Hall–Kier alpha value is -3.13. The number of H-pyrrole nitrogens is 1. The normalized spacial score (nSPS) is 14.7. The molecule has 33 heavy (non-hydrogen) atoms. The monoisotopic (exact) mass is 481 g/mol. The number of thiol groups is 1. The van der Waals surface area contributed by atoms with Crippen LogP contribution >= 0.6 is 12.6 Å². The van der Waals surface area contributed by atoms with Gasteiger partial charge in [-0.2, -0.15) is 12.6 Å². The molecule has 1 aromatic carbocycles. The summed E-state index contributed by atoms with van der Waals surface area (Å²) in [6.45, 7) is -1.46. The Morgan fingerprint density at radius 1 is 0.939 bits per heavy atom. The van der Waals surface area contributed by atoms with Gasteiger partial charge in [-0.3, -0.25) is 14.4 Å². The Morgan fingerprint density at radius 3 is 2.15 bits per heavy atom. The van der Waals surface area contributed by atoms with Crippen LogP contribution in [0.15, 0.2) is 30.5 Å². The van der Waals surface area contributed by atoms with Gasteiger partial charge in [0.2, 0.25) is 17.7 Å². The fraction of sp³-hybridized carbons (Fsp3) is 0.400. The highest BCUT2D eigenvalue weighted by Crippen LogP contribution is 2.19. The van der Waals surface area contributed by atoms with Crippen LogP contribution in [0.1, 0.15) is 5.56 Å². The maximum Gasteiger partial charge on any atom is 0.326 e. The van der Waals surface area contributed by atoms with Crippen molar-refractivity contribution < 1.29 is 34.5 Å². The van der Waals surface area contributed by atoms with Crippen molar-refractivity contribution in [3.63, 3.8) is 0 Å². The van der Waals surface area contributed by atoms with E-state index in [9.17, 15) is 29.4 Å². The standard InChI is InChI=1S/C20H27N5O7S/c21-12(7-26)17(28)24-15(8-27)18(29)25-16(9-33)19(30)23-14(20(31)32)5-10-6-22-13-4-2-1-3-11(10)13/h1-4,6,12,14-16,22,26-27,33H,5,7-9,21H2,(H,23,30)(H,24,28)(H,25,29)(H,31,32). The molecule has 9 N–H and O–H groups in total. The Labute approximate surface area is 194 Å². The first-order chi connectivity index (χ1) is 15.7. The maximum absolute atomic E-state index is 12.7. The molecule has 1 aromatic heterocycles. The van der Waals surface area contributed by atoms with Crippen LogP contribution < -0.4 is 21.7 Å². The summed E-state index contributed by atoms with van der Waals surface area (Å²) in [5, 5.41) is 35.5. The average Bonchev–Trinajstić information content (AvgIpc) is 3.22. The number of nitrogens with two attached hydrogens (primary N) is 1. The molecule has 180 valence electrons. The highest BCUT2D eigenvalue weighted by atomic mass is 32.1. The number of benzene rings is 1.